The molecule has 0 aliphatic heterocycles. The fourth-order valence-electron chi connectivity index (χ4n) is 2.14. The maximum atomic E-state index is 6.23. The fraction of sp³-hybridized carbons (Fsp3) is 0.600. The zero-order valence-corrected chi connectivity index (χ0v) is 13.4. The minimum Gasteiger partial charge on any atom is -0.407 e. The van der Waals surface area contributed by atoms with Crippen LogP contribution in [-0.4, -0.2) is 19.8 Å². The van der Waals surface area contributed by atoms with E-state index in [0.29, 0.717) is 12.3 Å². The van der Waals surface area contributed by atoms with Crippen LogP contribution >= 0.6 is 11.6 Å². The highest BCUT2D eigenvalue weighted by Gasteiger charge is 2.32. The molecule has 100 valence electrons. The molecule has 1 aliphatic rings. The van der Waals surface area contributed by atoms with Gasteiger partial charge in [-0.15, -0.1) is 23.9 Å². The number of hydrogen-bond acceptors (Lipinski definition) is 1. The number of halogens is 1. The van der Waals surface area contributed by atoms with Gasteiger partial charge in [-0.05, 0) is 38.9 Å². The molecule has 0 fully saturated rings. The topological polar surface area (TPSA) is 9.23 Å². The van der Waals surface area contributed by atoms with Crippen LogP contribution in [-0.2, 0) is 4.43 Å². The summed E-state index contributed by atoms with van der Waals surface area (Å²) in [6.45, 7) is 6.48. The number of rotatable bonds is 6. The first kappa shape index (κ1) is 15.6. The first-order chi connectivity index (χ1) is 8.41. The van der Waals surface area contributed by atoms with Crippen LogP contribution in [0, 0.1) is 12.3 Å². The van der Waals surface area contributed by atoms with Crippen LogP contribution in [0.15, 0.2) is 23.8 Å². The van der Waals surface area contributed by atoms with E-state index in [9.17, 15) is 0 Å². The van der Waals surface area contributed by atoms with Gasteiger partial charge >= 0.3 is 0 Å². The van der Waals surface area contributed by atoms with E-state index in [2.05, 4.69) is 43.8 Å². The Balaban J connectivity index is 2.85. The van der Waals surface area contributed by atoms with Crippen LogP contribution in [0.3, 0.4) is 0 Å². The molecular formula is C15H23ClOSi. The van der Waals surface area contributed by atoms with Gasteiger partial charge in [0.1, 0.15) is 0 Å². The maximum Gasteiger partial charge on any atom is 0.185 e. The lowest BCUT2D eigenvalue weighted by Crippen LogP contribution is -2.42. The van der Waals surface area contributed by atoms with Crippen LogP contribution in [0.5, 0.6) is 0 Å². The van der Waals surface area contributed by atoms with Crippen molar-refractivity contribution in [1.82, 2.24) is 0 Å². The molecule has 0 aromatic carbocycles. The summed E-state index contributed by atoms with van der Waals surface area (Å²) in [5, 5.41) is 0. The normalized spacial score (nSPS) is 19.6. The molecule has 0 heterocycles. The quantitative estimate of drug-likeness (QED) is 0.396. The Bertz CT molecular complexity index is 373. The van der Waals surface area contributed by atoms with Crippen molar-refractivity contribution in [1.29, 1.82) is 0 Å². The lowest BCUT2D eigenvalue weighted by Gasteiger charge is -2.34. The van der Waals surface area contributed by atoms with E-state index in [-0.39, 0.29) is 0 Å². The second-order valence-corrected chi connectivity index (χ2v) is 10.5. The average molecular weight is 283 g/mol. The van der Waals surface area contributed by atoms with Crippen LogP contribution in [0.1, 0.15) is 25.7 Å². The van der Waals surface area contributed by atoms with Crippen LogP contribution in [0.2, 0.25) is 19.6 Å². The molecule has 0 aromatic heterocycles. The van der Waals surface area contributed by atoms with Crippen molar-refractivity contribution in [3.63, 3.8) is 0 Å². The third-order valence-corrected chi connectivity index (χ3v) is 4.29. The lowest BCUT2D eigenvalue weighted by atomic mass is 10.0. The van der Waals surface area contributed by atoms with Crippen molar-refractivity contribution in [2.75, 3.05) is 5.88 Å². The zero-order valence-electron chi connectivity index (χ0n) is 11.6. The van der Waals surface area contributed by atoms with E-state index in [1.165, 1.54) is 18.4 Å². The first-order valence-corrected chi connectivity index (χ1v) is 10.4. The zero-order chi connectivity index (χ0) is 13.6. The number of hydrogen-bond donors (Lipinski definition) is 0. The largest absolute Gasteiger partial charge is 0.407 e. The standard InChI is InChI=1S/C15H23ClOSi/c1-5-11-15(13-16,17-18(2,3)4)12-10-14-8-6-7-9-14/h1,8,10,12H,6-7,9,11,13H2,2-4H3. The molecule has 1 unspecified atom stereocenters. The molecule has 1 atom stereocenters. The lowest BCUT2D eigenvalue weighted by molar-refractivity contribution is 0.142. The Labute approximate surface area is 117 Å². The summed E-state index contributed by atoms with van der Waals surface area (Å²) in [5.41, 5.74) is 0.880. The summed E-state index contributed by atoms with van der Waals surface area (Å²) < 4.78 is 6.23. The van der Waals surface area contributed by atoms with Crippen molar-refractivity contribution in [2.45, 2.75) is 50.9 Å². The molecule has 0 saturated carbocycles. The van der Waals surface area contributed by atoms with Gasteiger partial charge in [0.25, 0.3) is 0 Å². The highest BCUT2D eigenvalue weighted by atomic mass is 35.5. The van der Waals surface area contributed by atoms with Crippen molar-refractivity contribution < 1.29 is 4.43 Å². The number of terminal acetylenes is 1. The summed E-state index contributed by atoms with van der Waals surface area (Å²) in [7, 11) is -1.68. The van der Waals surface area contributed by atoms with Gasteiger partial charge in [-0.1, -0.05) is 23.8 Å². The third kappa shape index (κ3) is 5.02. The highest BCUT2D eigenvalue weighted by molar-refractivity contribution is 6.69. The van der Waals surface area contributed by atoms with Gasteiger partial charge in [-0.3, -0.25) is 0 Å². The molecule has 0 N–H and O–H groups in total. The second kappa shape index (κ2) is 6.61. The van der Waals surface area contributed by atoms with Crippen LogP contribution in [0.25, 0.3) is 0 Å². The van der Waals surface area contributed by atoms with E-state index in [1.54, 1.807) is 0 Å². The van der Waals surface area contributed by atoms with E-state index in [0.717, 1.165) is 6.42 Å². The van der Waals surface area contributed by atoms with E-state index >= 15 is 0 Å². The first-order valence-electron chi connectivity index (χ1n) is 6.49. The Kier molecular flexibility index (Phi) is 5.71. The van der Waals surface area contributed by atoms with Crippen LogP contribution in [0.4, 0.5) is 0 Å². The van der Waals surface area contributed by atoms with Gasteiger partial charge in [0, 0.05) is 6.42 Å². The predicted molar refractivity (Wildman–Crippen MR) is 82.4 cm³/mol. The monoisotopic (exact) mass is 282 g/mol. The van der Waals surface area contributed by atoms with Crippen molar-refractivity contribution in [3.05, 3.63) is 23.8 Å². The maximum absolute atomic E-state index is 6.23. The van der Waals surface area contributed by atoms with Crippen LogP contribution < -0.4 is 0 Å². The molecule has 3 heteroatoms. The van der Waals surface area contributed by atoms with Crippen molar-refractivity contribution in [3.8, 4) is 12.3 Å². The Morgan fingerprint density at radius 2 is 2.28 bits per heavy atom. The SMILES string of the molecule is C#CCC(C=CC1=CCCC1)(CCl)O[Si](C)(C)C. The summed E-state index contributed by atoms with van der Waals surface area (Å²) in [6.07, 6.45) is 16.1. The van der Waals surface area contributed by atoms with Gasteiger partial charge in [0.15, 0.2) is 8.32 Å². The van der Waals surface area contributed by atoms with E-state index in [4.69, 9.17) is 22.5 Å². The average Bonchev–Trinajstić information content (AvgIpc) is 2.77. The Hall–Kier alpha value is -0.493. The molecule has 0 aromatic rings. The minimum absolute atomic E-state index is 0.408. The summed E-state index contributed by atoms with van der Waals surface area (Å²) in [6, 6.07) is 0. The van der Waals surface area contributed by atoms with Gasteiger partial charge in [-0.25, -0.2) is 0 Å². The minimum atomic E-state index is -1.68. The molecular weight excluding hydrogens is 260 g/mol. The summed E-state index contributed by atoms with van der Waals surface area (Å²) in [4.78, 5) is 0. The number of alkyl halides is 1. The molecule has 18 heavy (non-hydrogen) atoms. The van der Waals surface area contributed by atoms with E-state index < -0.39 is 13.9 Å². The van der Waals surface area contributed by atoms with Crippen molar-refractivity contribution in [2.24, 2.45) is 0 Å². The molecule has 0 amide bonds. The molecule has 0 radical (unpaired) electrons. The van der Waals surface area contributed by atoms with Gasteiger partial charge in [-0.2, -0.15) is 0 Å². The Morgan fingerprint density at radius 3 is 2.72 bits per heavy atom. The summed E-state index contributed by atoms with van der Waals surface area (Å²) >= 11 is 6.13. The fourth-order valence-corrected chi connectivity index (χ4v) is 3.90. The molecule has 1 nitrogen and oxygen atoms in total. The van der Waals surface area contributed by atoms with Crippen molar-refractivity contribution >= 4 is 19.9 Å². The second-order valence-electron chi connectivity index (χ2n) is 5.80. The van der Waals surface area contributed by atoms with Gasteiger partial charge in [0.05, 0.1) is 11.5 Å². The Morgan fingerprint density at radius 1 is 1.56 bits per heavy atom. The smallest absolute Gasteiger partial charge is 0.185 e. The molecule has 0 bridgehead atoms. The predicted octanol–water partition coefficient (Wildman–Crippen LogP) is 4.51. The third-order valence-electron chi connectivity index (χ3n) is 2.81. The van der Waals surface area contributed by atoms with Gasteiger partial charge < -0.3 is 4.43 Å². The summed E-state index contributed by atoms with van der Waals surface area (Å²) in [5.74, 6) is 3.11. The molecule has 1 rings (SSSR count). The van der Waals surface area contributed by atoms with E-state index in [1.807, 2.05) is 0 Å². The molecule has 1 aliphatic carbocycles. The molecule has 0 spiro atoms. The number of allylic oxidation sites excluding steroid dienone is 3. The molecule has 0 saturated heterocycles. The highest BCUT2D eigenvalue weighted by Crippen LogP contribution is 2.27. The van der Waals surface area contributed by atoms with Gasteiger partial charge in [0.2, 0.25) is 0 Å².